The molecule has 158 valence electrons. The van der Waals surface area contributed by atoms with Crippen molar-refractivity contribution < 1.29 is 9.47 Å². The minimum Gasteiger partial charge on any atom is -0.490 e. The Labute approximate surface area is 176 Å². The highest BCUT2D eigenvalue weighted by Gasteiger charge is 2.23. The molecule has 4 heterocycles. The number of hydrogen-bond donors (Lipinski definition) is 0. The van der Waals surface area contributed by atoms with Crippen LogP contribution in [0.2, 0.25) is 0 Å². The fourth-order valence-corrected chi connectivity index (χ4v) is 4.68. The maximum atomic E-state index is 11.8. The molecule has 2 fully saturated rings. The molecule has 30 heavy (non-hydrogen) atoms. The van der Waals surface area contributed by atoms with E-state index in [-0.39, 0.29) is 11.7 Å². The number of ether oxygens (including phenoxy) is 2. The van der Waals surface area contributed by atoms with Crippen LogP contribution < -0.4 is 10.3 Å². The summed E-state index contributed by atoms with van der Waals surface area (Å²) in [6, 6.07) is 14.4. The van der Waals surface area contributed by atoms with Gasteiger partial charge >= 0.3 is 0 Å². The maximum Gasteiger partial charge on any atom is 0.250 e. The lowest BCUT2D eigenvalue weighted by atomic mass is 10.1. The van der Waals surface area contributed by atoms with Gasteiger partial charge in [-0.15, -0.1) is 0 Å². The van der Waals surface area contributed by atoms with Gasteiger partial charge in [0.05, 0.1) is 18.2 Å². The first-order valence-corrected chi connectivity index (χ1v) is 10.9. The van der Waals surface area contributed by atoms with Crippen molar-refractivity contribution in [2.75, 3.05) is 26.3 Å². The molecule has 1 aromatic carbocycles. The number of likely N-dealkylation sites (tertiary alicyclic amines) is 1. The van der Waals surface area contributed by atoms with Gasteiger partial charge in [-0.3, -0.25) is 9.69 Å². The Morgan fingerprint density at radius 1 is 1.07 bits per heavy atom. The van der Waals surface area contributed by atoms with E-state index in [4.69, 9.17) is 9.47 Å². The highest BCUT2D eigenvalue weighted by Crippen LogP contribution is 2.32. The van der Waals surface area contributed by atoms with E-state index in [0.29, 0.717) is 6.04 Å². The van der Waals surface area contributed by atoms with Crippen LogP contribution in [-0.2, 0) is 18.3 Å². The lowest BCUT2D eigenvalue weighted by molar-refractivity contribution is 0.0966. The molecular formula is C24H29N3O3. The van der Waals surface area contributed by atoms with Gasteiger partial charge in [0.25, 0.3) is 0 Å². The Morgan fingerprint density at radius 3 is 2.70 bits per heavy atom. The zero-order chi connectivity index (χ0) is 20.5. The third kappa shape index (κ3) is 3.77. The summed E-state index contributed by atoms with van der Waals surface area (Å²) in [6.45, 7) is 4.39. The molecule has 2 saturated heterocycles. The van der Waals surface area contributed by atoms with Crippen LogP contribution in [0.3, 0.4) is 0 Å². The Balaban J connectivity index is 1.24. The number of piperidine rings is 1. The summed E-state index contributed by atoms with van der Waals surface area (Å²) >= 11 is 0. The normalized spacial score (nSPS) is 20.8. The zero-order valence-corrected chi connectivity index (χ0v) is 17.5. The zero-order valence-electron chi connectivity index (χ0n) is 17.5. The second-order valence-electron chi connectivity index (χ2n) is 8.44. The summed E-state index contributed by atoms with van der Waals surface area (Å²) in [6.07, 6.45) is 5.46. The van der Waals surface area contributed by atoms with Gasteiger partial charge in [-0.05, 0) is 43.5 Å². The number of aromatic nitrogens is 2. The molecule has 5 rings (SSSR count). The van der Waals surface area contributed by atoms with Gasteiger partial charge in [0.15, 0.2) is 0 Å². The Bertz CT molecular complexity index is 1070. The van der Waals surface area contributed by atoms with E-state index in [1.165, 1.54) is 10.9 Å². The summed E-state index contributed by atoms with van der Waals surface area (Å²) in [5, 5.41) is 1.19. The molecule has 1 atom stereocenters. The van der Waals surface area contributed by atoms with Crippen molar-refractivity contribution in [1.29, 1.82) is 0 Å². The van der Waals surface area contributed by atoms with E-state index >= 15 is 0 Å². The molecule has 0 radical (unpaired) electrons. The smallest absolute Gasteiger partial charge is 0.250 e. The fourth-order valence-electron chi connectivity index (χ4n) is 4.68. The van der Waals surface area contributed by atoms with Crippen molar-refractivity contribution in [2.45, 2.75) is 38.0 Å². The molecule has 0 amide bonds. The molecule has 6 nitrogen and oxygen atoms in total. The van der Waals surface area contributed by atoms with E-state index in [2.05, 4.69) is 39.9 Å². The highest BCUT2D eigenvalue weighted by molar-refractivity contribution is 5.86. The molecule has 2 aliphatic rings. The van der Waals surface area contributed by atoms with Crippen LogP contribution in [0, 0.1) is 0 Å². The summed E-state index contributed by atoms with van der Waals surface area (Å²) in [5.41, 5.74) is 2.34. The minimum atomic E-state index is 0.0508. The maximum absolute atomic E-state index is 11.8. The third-order valence-electron chi connectivity index (χ3n) is 6.52. The number of hydrogen-bond acceptors (Lipinski definition) is 4. The fraction of sp³-hybridized carbons (Fsp3) is 0.458. The SMILES string of the molecule is Cn1c(CN2CCC(Oc3cccc4c3ccn4C3CCOC3)CC2)cccc1=O. The van der Waals surface area contributed by atoms with Crippen LogP contribution in [-0.4, -0.2) is 46.4 Å². The van der Waals surface area contributed by atoms with Crippen molar-refractivity contribution in [1.82, 2.24) is 14.0 Å². The number of pyridine rings is 1. The topological polar surface area (TPSA) is 48.6 Å². The minimum absolute atomic E-state index is 0.0508. The van der Waals surface area contributed by atoms with Crippen LogP contribution in [0.5, 0.6) is 5.75 Å². The quantitative estimate of drug-likeness (QED) is 0.651. The van der Waals surface area contributed by atoms with Gasteiger partial charge in [-0.1, -0.05) is 12.1 Å². The average Bonchev–Trinajstić information content (AvgIpc) is 3.43. The van der Waals surface area contributed by atoms with Gasteiger partial charge in [0, 0.05) is 56.6 Å². The van der Waals surface area contributed by atoms with Crippen LogP contribution in [0.15, 0.2) is 53.5 Å². The lowest BCUT2D eigenvalue weighted by Crippen LogP contribution is -2.38. The van der Waals surface area contributed by atoms with Gasteiger partial charge in [-0.25, -0.2) is 0 Å². The number of benzene rings is 1. The van der Waals surface area contributed by atoms with Crippen LogP contribution in [0.1, 0.15) is 31.0 Å². The first kappa shape index (κ1) is 19.4. The van der Waals surface area contributed by atoms with Crippen LogP contribution >= 0.6 is 0 Å². The first-order chi connectivity index (χ1) is 14.7. The van der Waals surface area contributed by atoms with Gasteiger partial charge < -0.3 is 18.6 Å². The summed E-state index contributed by atoms with van der Waals surface area (Å²) < 4.78 is 16.1. The van der Waals surface area contributed by atoms with Crippen molar-refractivity contribution >= 4 is 10.9 Å². The van der Waals surface area contributed by atoms with E-state index in [1.54, 1.807) is 10.6 Å². The van der Waals surface area contributed by atoms with Gasteiger partial charge in [0.2, 0.25) is 5.56 Å². The predicted molar refractivity (Wildman–Crippen MR) is 117 cm³/mol. The Kier molecular flexibility index (Phi) is 5.35. The molecular weight excluding hydrogens is 378 g/mol. The molecule has 1 unspecified atom stereocenters. The molecule has 0 N–H and O–H groups in total. The van der Waals surface area contributed by atoms with Gasteiger partial charge in [0.1, 0.15) is 11.9 Å². The average molecular weight is 408 g/mol. The Morgan fingerprint density at radius 2 is 1.90 bits per heavy atom. The summed E-state index contributed by atoms with van der Waals surface area (Å²) in [5.74, 6) is 0.981. The van der Waals surface area contributed by atoms with Crippen molar-refractivity contribution in [3.05, 3.63) is 64.7 Å². The van der Waals surface area contributed by atoms with Crippen molar-refractivity contribution in [2.24, 2.45) is 7.05 Å². The summed E-state index contributed by atoms with van der Waals surface area (Å²) in [4.78, 5) is 14.3. The third-order valence-corrected chi connectivity index (χ3v) is 6.52. The molecule has 3 aromatic rings. The lowest BCUT2D eigenvalue weighted by Gasteiger charge is -2.32. The largest absolute Gasteiger partial charge is 0.490 e. The summed E-state index contributed by atoms with van der Waals surface area (Å²) in [7, 11) is 1.85. The van der Waals surface area contributed by atoms with E-state index in [9.17, 15) is 4.79 Å². The molecule has 0 bridgehead atoms. The predicted octanol–water partition coefficient (Wildman–Crippen LogP) is 3.34. The van der Waals surface area contributed by atoms with Gasteiger partial charge in [-0.2, -0.15) is 0 Å². The second-order valence-corrected chi connectivity index (χ2v) is 8.44. The highest BCUT2D eigenvalue weighted by atomic mass is 16.5. The molecule has 0 saturated carbocycles. The first-order valence-electron chi connectivity index (χ1n) is 10.9. The molecule has 2 aliphatic heterocycles. The van der Waals surface area contributed by atoms with E-state index in [1.807, 2.05) is 19.2 Å². The van der Waals surface area contributed by atoms with Crippen molar-refractivity contribution in [3.8, 4) is 5.75 Å². The second kappa shape index (κ2) is 8.28. The van der Waals surface area contributed by atoms with E-state index < -0.39 is 0 Å². The van der Waals surface area contributed by atoms with Crippen molar-refractivity contribution in [3.63, 3.8) is 0 Å². The standard InChI is InChI=1S/C24H29N3O3/c1-25-18(4-2-7-24(25)28)16-26-12-8-20(9-13-26)30-23-6-3-5-22-21(23)10-14-27(22)19-11-15-29-17-19/h2-7,10,14,19-20H,8-9,11-13,15-17H2,1H3. The molecule has 6 heteroatoms. The number of rotatable bonds is 5. The number of nitrogens with zero attached hydrogens (tertiary/aromatic N) is 3. The number of fused-ring (bicyclic) bond motifs is 1. The molecule has 2 aromatic heterocycles. The van der Waals surface area contributed by atoms with Crippen LogP contribution in [0.25, 0.3) is 10.9 Å². The Hall–Kier alpha value is -2.57. The monoisotopic (exact) mass is 407 g/mol. The molecule has 0 aliphatic carbocycles. The van der Waals surface area contributed by atoms with Crippen LogP contribution in [0.4, 0.5) is 0 Å². The van der Waals surface area contributed by atoms with E-state index in [0.717, 1.165) is 63.6 Å². The molecule has 0 spiro atoms.